The van der Waals surface area contributed by atoms with Crippen molar-refractivity contribution in [1.29, 1.82) is 0 Å². The third-order valence-corrected chi connectivity index (χ3v) is 2.26. The summed E-state index contributed by atoms with van der Waals surface area (Å²) < 4.78 is 73.5. The van der Waals surface area contributed by atoms with Crippen LogP contribution in [0.15, 0.2) is 18.2 Å². The molecule has 1 aromatic rings. The first kappa shape index (κ1) is 12.6. The van der Waals surface area contributed by atoms with E-state index in [0.717, 1.165) is 6.07 Å². The highest BCUT2D eigenvalue weighted by Crippen LogP contribution is 2.40. The Kier molecular flexibility index (Phi) is 3.22. The Morgan fingerprint density at radius 3 is 1.67 bits per heavy atom. The fraction of sp³-hybridized carbons (Fsp3) is 0.250. The number of benzene rings is 1. The van der Waals surface area contributed by atoms with Gasteiger partial charge in [0.1, 0.15) is 0 Å². The third kappa shape index (κ3) is 2.99. The Morgan fingerprint density at radius 2 is 1.27 bits per heavy atom. The van der Waals surface area contributed by atoms with E-state index in [2.05, 4.69) is 0 Å². The van der Waals surface area contributed by atoms with Crippen LogP contribution >= 0.6 is 22.6 Å². The van der Waals surface area contributed by atoms with Crippen LogP contribution in [0.3, 0.4) is 0 Å². The number of alkyl halides is 6. The average Bonchev–Trinajstić information content (AvgIpc) is 2.00. The minimum Gasteiger partial charge on any atom is -0.166 e. The van der Waals surface area contributed by atoms with Crippen molar-refractivity contribution in [3.05, 3.63) is 32.9 Å². The van der Waals surface area contributed by atoms with Gasteiger partial charge < -0.3 is 0 Å². The van der Waals surface area contributed by atoms with Gasteiger partial charge in [0.25, 0.3) is 0 Å². The Bertz CT molecular complexity index is 364. The highest BCUT2D eigenvalue weighted by atomic mass is 127. The van der Waals surface area contributed by atoms with E-state index in [4.69, 9.17) is 0 Å². The van der Waals surface area contributed by atoms with Gasteiger partial charge in [-0.2, -0.15) is 26.3 Å². The maximum atomic E-state index is 12.3. The molecule has 0 N–H and O–H groups in total. The van der Waals surface area contributed by atoms with Gasteiger partial charge in [-0.15, -0.1) is 0 Å². The zero-order valence-electron chi connectivity index (χ0n) is 6.88. The van der Waals surface area contributed by atoms with Crippen LogP contribution in [0.2, 0.25) is 0 Å². The molecule has 0 spiro atoms. The number of hydrogen-bond acceptors (Lipinski definition) is 0. The summed E-state index contributed by atoms with van der Waals surface area (Å²) in [7, 11) is 0. The second-order valence-electron chi connectivity index (χ2n) is 2.69. The zero-order chi connectivity index (χ0) is 11.9. The second-order valence-corrected chi connectivity index (χ2v) is 3.93. The molecule has 0 aromatic heterocycles. The van der Waals surface area contributed by atoms with Crippen molar-refractivity contribution >= 4 is 22.6 Å². The molecule has 0 heterocycles. The molecule has 0 aliphatic rings. The molecule has 1 aromatic carbocycles. The summed E-state index contributed by atoms with van der Waals surface area (Å²) in [6, 6.07) is 1.90. The predicted molar refractivity (Wildman–Crippen MR) is 49.2 cm³/mol. The summed E-state index contributed by atoms with van der Waals surface area (Å²) in [4.78, 5) is 0. The van der Waals surface area contributed by atoms with Crippen molar-refractivity contribution in [3.63, 3.8) is 0 Å². The summed E-state index contributed by atoms with van der Waals surface area (Å²) in [6.45, 7) is 0. The van der Waals surface area contributed by atoms with Gasteiger partial charge in [-0.25, -0.2) is 0 Å². The molecular formula is C8H3F6I. The molecule has 1 rings (SSSR count). The molecule has 0 saturated carbocycles. The maximum Gasteiger partial charge on any atom is 0.417 e. The molecule has 0 saturated heterocycles. The Hall–Kier alpha value is -0.470. The van der Waals surface area contributed by atoms with Crippen LogP contribution in [0.4, 0.5) is 26.3 Å². The predicted octanol–water partition coefficient (Wildman–Crippen LogP) is 4.33. The Labute approximate surface area is 94.4 Å². The standard InChI is InChI=1S/C8H3F6I/c9-7(10,11)5-2-1-4(15)3-6(5)8(12,13)14/h1-3H. The normalized spacial score (nSPS) is 13.0. The molecule has 0 fully saturated rings. The molecule has 0 aliphatic heterocycles. The maximum absolute atomic E-state index is 12.3. The van der Waals surface area contributed by atoms with Crippen LogP contribution in [0.5, 0.6) is 0 Å². The van der Waals surface area contributed by atoms with E-state index < -0.39 is 23.5 Å². The minimum absolute atomic E-state index is 0.105. The minimum atomic E-state index is -4.99. The average molecular weight is 340 g/mol. The molecule has 0 amide bonds. The van der Waals surface area contributed by atoms with Crippen molar-refractivity contribution < 1.29 is 26.3 Å². The fourth-order valence-electron chi connectivity index (χ4n) is 0.998. The van der Waals surface area contributed by atoms with E-state index in [1.165, 1.54) is 22.6 Å². The van der Waals surface area contributed by atoms with Crippen molar-refractivity contribution in [2.24, 2.45) is 0 Å². The van der Waals surface area contributed by atoms with Crippen LogP contribution < -0.4 is 0 Å². The molecule has 0 nitrogen and oxygen atoms in total. The fourth-order valence-corrected chi connectivity index (χ4v) is 1.49. The lowest BCUT2D eigenvalue weighted by atomic mass is 10.1. The first-order valence-corrected chi connectivity index (χ1v) is 4.64. The number of halogens is 7. The van der Waals surface area contributed by atoms with Gasteiger partial charge in [0, 0.05) is 3.57 Å². The van der Waals surface area contributed by atoms with Gasteiger partial charge >= 0.3 is 12.4 Å². The Morgan fingerprint density at radius 1 is 0.800 bits per heavy atom. The smallest absolute Gasteiger partial charge is 0.166 e. The lowest BCUT2D eigenvalue weighted by Crippen LogP contribution is -2.16. The summed E-state index contributed by atoms with van der Waals surface area (Å²) in [5.74, 6) is 0. The summed E-state index contributed by atoms with van der Waals surface area (Å²) in [5.41, 5.74) is -3.31. The molecule has 0 aliphatic carbocycles. The van der Waals surface area contributed by atoms with Crippen LogP contribution in [-0.4, -0.2) is 0 Å². The highest BCUT2D eigenvalue weighted by molar-refractivity contribution is 14.1. The number of rotatable bonds is 0. The van der Waals surface area contributed by atoms with Gasteiger partial charge in [0.05, 0.1) is 11.1 Å². The molecule has 0 radical (unpaired) electrons. The van der Waals surface area contributed by atoms with E-state index >= 15 is 0 Å². The summed E-state index contributed by atoms with van der Waals surface area (Å²) in [6.07, 6.45) is -9.98. The van der Waals surface area contributed by atoms with E-state index in [-0.39, 0.29) is 3.57 Å². The summed E-state index contributed by atoms with van der Waals surface area (Å²) >= 11 is 1.52. The quantitative estimate of drug-likeness (QED) is 0.487. The molecule has 84 valence electrons. The Balaban J connectivity index is 3.41. The van der Waals surface area contributed by atoms with Crippen molar-refractivity contribution in [3.8, 4) is 0 Å². The van der Waals surface area contributed by atoms with Gasteiger partial charge in [-0.05, 0) is 40.8 Å². The van der Waals surface area contributed by atoms with Crippen molar-refractivity contribution in [2.45, 2.75) is 12.4 Å². The third-order valence-electron chi connectivity index (χ3n) is 1.59. The largest absolute Gasteiger partial charge is 0.417 e. The SMILES string of the molecule is FC(F)(F)c1ccc(I)cc1C(F)(F)F. The first-order chi connectivity index (χ1) is 6.62. The van der Waals surface area contributed by atoms with Crippen LogP contribution in [0.25, 0.3) is 0 Å². The number of hydrogen-bond donors (Lipinski definition) is 0. The van der Waals surface area contributed by atoms with Gasteiger partial charge in [0.15, 0.2) is 0 Å². The molecular weight excluding hydrogens is 337 g/mol. The van der Waals surface area contributed by atoms with Crippen LogP contribution in [-0.2, 0) is 12.4 Å². The summed E-state index contributed by atoms with van der Waals surface area (Å²) in [5, 5.41) is 0. The second kappa shape index (κ2) is 3.84. The van der Waals surface area contributed by atoms with E-state index in [1.807, 2.05) is 0 Å². The molecule has 0 unspecified atom stereocenters. The zero-order valence-corrected chi connectivity index (χ0v) is 9.04. The van der Waals surface area contributed by atoms with Crippen molar-refractivity contribution in [1.82, 2.24) is 0 Å². The molecule has 7 heteroatoms. The van der Waals surface area contributed by atoms with Gasteiger partial charge in [-0.1, -0.05) is 0 Å². The lowest BCUT2D eigenvalue weighted by Gasteiger charge is -2.15. The molecule has 0 atom stereocenters. The lowest BCUT2D eigenvalue weighted by molar-refractivity contribution is -0.162. The van der Waals surface area contributed by atoms with Gasteiger partial charge in [-0.3, -0.25) is 0 Å². The van der Waals surface area contributed by atoms with Crippen LogP contribution in [0.1, 0.15) is 11.1 Å². The van der Waals surface area contributed by atoms with Crippen LogP contribution in [0, 0.1) is 3.57 Å². The van der Waals surface area contributed by atoms with Gasteiger partial charge in [0.2, 0.25) is 0 Å². The first-order valence-electron chi connectivity index (χ1n) is 3.56. The monoisotopic (exact) mass is 340 g/mol. The highest BCUT2D eigenvalue weighted by Gasteiger charge is 2.42. The van der Waals surface area contributed by atoms with E-state index in [1.54, 1.807) is 0 Å². The molecule has 0 bridgehead atoms. The van der Waals surface area contributed by atoms with Crippen molar-refractivity contribution in [2.75, 3.05) is 0 Å². The molecule has 15 heavy (non-hydrogen) atoms. The topological polar surface area (TPSA) is 0 Å². The van der Waals surface area contributed by atoms with E-state index in [9.17, 15) is 26.3 Å². The van der Waals surface area contributed by atoms with E-state index in [0.29, 0.717) is 12.1 Å².